The van der Waals surface area contributed by atoms with Gasteiger partial charge < -0.3 is 10.2 Å². The van der Waals surface area contributed by atoms with Crippen molar-refractivity contribution in [3.05, 3.63) is 18.0 Å². The van der Waals surface area contributed by atoms with Crippen LogP contribution in [0.5, 0.6) is 0 Å². The number of nitrogens with one attached hydrogen (secondary N) is 1. The molecular formula is C12H24N4. The minimum Gasteiger partial charge on any atom is -0.314 e. The van der Waals surface area contributed by atoms with Crippen LogP contribution in [0.4, 0.5) is 0 Å². The molecule has 0 aliphatic heterocycles. The lowest BCUT2D eigenvalue weighted by molar-refractivity contribution is 0.301. The molecule has 0 saturated carbocycles. The van der Waals surface area contributed by atoms with Crippen molar-refractivity contribution in [2.24, 2.45) is 0 Å². The molecule has 0 aliphatic carbocycles. The van der Waals surface area contributed by atoms with E-state index in [4.69, 9.17) is 0 Å². The first kappa shape index (κ1) is 13.2. The van der Waals surface area contributed by atoms with E-state index in [0.717, 1.165) is 39.3 Å². The van der Waals surface area contributed by atoms with Gasteiger partial charge in [-0.25, -0.2) is 0 Å². The van der Waals surface area contributed by atoms with E-state index in [1.54, 1.807) is 0 Å². The van der Waals surface area contributed by atoms with Gasteiger partial charge in [0, 0.05) is 31.5 Å². The zero-order valence-corrected chi connectivity index (χ0v) is 10.7. The van der Waals surface area contributed by atoms with Crippen LogP contribution in [0.25, 0.3) is 0 Å². The van der Waals surface area contributed by atoms with Gasteiger partial charge in [0.2, 0.25) is 0 Å². The third-order valence-electron chi connectivity index (χ3n) is 2.93. The van der Waals surface area contributed by atoms with Gasteiger partial charge in [0.25, 0.3) is 0 Å². The van der Waals surface area contributed by atoms with Crippen LogP contribution in [-0.2, 0) is 6.54 Å². The number of likely N-dealkylation sites (N-methyl/N-ethyl adjacent to an activating group) is 1. The van der Waals surface area contributed by atoms with E-state index in [0.29, 0.717) is 0 Å². The Labute approximate surface area is 98.6 Å². The molecule has 0 bridgehead atoms. The van der Waals surface area contributed by atoms with E-state index >= 15 is 0 Å². The van der Waals surface area contributed by atoms with Crippen LogP contribution in [0, 0.1) is 6.92 Å². The maximum Gasteiger partial charge on any atom is 0.0537 e. The number of nitrogens with zero attached hydrogens (tertiary/aromatic N) is 3. The Morgan fingerprint density at radius 1 is 1.31 bits per heavy atom. The SMILES string of the molecule is CCN(CC)CCNCCn1nccc1C. The molecule has 0 unspecified atom stereocenters. The number of rotatable bonds is 8. The maximum absolute atomic E-state index is 4.25. The summed E-state index contributed by atoms with van der Waals surface area (Å²) in [6.07, 6.45) is 1.85. The van der Waals surface area contributed by atoms with Gasteiger partial charge in [-0.05, 0) is 26.1 Å². The first-order valence-corrected chi connectivity index (χ1v) is 6.19. The quantitative estimate of drug-likeness (QED) is 0.672. The Morgan fingerprint density at radius 3 is 2.62 bits per heavy atom. The Bertz CT molecular complexity index is 278. The summed E-state index contributed by atoms with van der Waals surface area (Å²) in [5, 5.41) is 7.69. The lowest BCUT2D eigenvalue weighted by Gasteiger charge is -2.18. The summed E-state index contributed by atoms with van der Waals surface area (Å²) in [5.74, 6) is 0. The van der Waals surface area contributed by atoms with Gasteiger partial charge in [-0.15, -0.1) is 0 Å². The summed E-state index contributed by atoms with van der Waals surface area (Å²) in [7, 11) is 0. The zero-order chi connectivity index (χ0) is 11.8. The Kier molecular flexibility index (Phi) is 6.11. The van der Waals surface area contributed by atoms with Crippen LogP contribution in [0.1, 0.15) is 19.5 Å². The molecule has 0 atom stereocenters. The highest BCUT2D eigenvalue weighted by atomic mass is 15.3. The third kappa shape index (κ3) is 4.33. The standard InChI is InChI=1S/C12H24N4/c1-4-15(5-2)10-8-13-9-11-16-12(3)6-7-14-16/h6-7,13H,4-5,8-11H2,1-3H3. The smallest absolute Gasteiger partial charge is 0.0537 e. The first-order valence-electron chi connectivity index (χ1n) is 6.19. The van der Waals surface area contributed by atoms with Crippen molar-refractivity contribution < 1.29 is 0 Å². The molecule has 0 aliphatic rings. The Morgan fingerprint density at radius 2 is 2.06 bits per heavy atom. The minimum atomic E-state index is 0.955. The molecule has 16 heavy (non-hydrogen) atoms. The highest BCUT2D eigenvalue weighted by Crippen LogP contribution is 1.94. The molecule has 0 spiro atoms. The van der Waals surface area contributed by atoms with E-state index in [2.05, 4.69) is 36.1 Å². The lowest BCUT2D eigenvalue weighted by Crippen LogP contribution is -2.33. The number of aromatic nitrogens is 2. The molecule has 1 N–H and O–H groups in total. The summed E-state index contributed by atoms with van der Waals surface area (Å²) in [6.45, 7) is 12.9. The van der Waals surface area contributed by atoms with E-state index in [1.807, 2.05) is 16.9 Å². The van der Waals surface area contributed by atoms with E-state index < -0.39 is 0 Å². The second-order valence-electron chi connectivity index (χ2n) is 3.97. The van der Waals surface area contributed by atoms with Crippen molar-refractivity contribution >= 4 is 0 Å². The molecule has 92 valence electrons. The largest absolute Gasteiger partial charge is 0.314 e. The van der Waals surface area contributed by atoms with Crippen molar-refractivity contribution in [3.63, 3.8) is 0 Å². The summed E-state index contributed by atoms with van der Waals surface area (Å²) < 4.78 is 2.03. The number of hydrogen-bond acceptors (Lipinski definition) is 3. The van der Waals surface area contributed by atoms with Gasteiger partial charge in [-0.1, -0.05) is 13.8 Å². The summed E-state index contributed by atoms with van der Waals surface area (Å²) in [5.41, 5.74) is 1.23. The normalized spacial score (nSPS) is 11.2. The molecule has 0 radical (unpaired) electrons. The zero-order valence-electron chi connectivity index (χ0n) is 10.7. The summed E-state index contributed by atoms with van der Waals surface area (Å²) in [4.78, 5) is 2.42. The second-order valence-corrected chi connectivity index (χ2v) is 3.97. The monoisotopic (exact) mass is 224 g/mol. The number of hydrogen-bond donors (Lipinski definition) is 1. The Hall–Kier alpha value is -0.870. The van der Waals surface area contributed by atoms with E-state index in [9.17, 15) is 0 Å². The van der Waals surface area contributed by atoms with Crippen molar-refractivity contribution in [2.75, 3.05) is 32.7 Å². The molecule has 1 rings (SSSR count). The molecule has 4 nitrogen and oxygen atoms in total. The van der Waals surface area contributed by atoms with Gasteiger partial charge in [0.1, 0.15) is 0 Å². The average molecular weight is 224 g/mol. The fraction of sp³-hybridized carbons (Fsp3) is 0.750. The summed E-state index contributed by atoms with van der Waals surface area (Å²) in [6, 6.07) is 2.04. The van der Waals surface area contributed by atoms with Gasteiger partial charge in [-0.2, -0.15) is 5.10 Å². The van der Waals surface area contributed by atoms with Crippen LogP contribution in [0.3, 0.4) is 0 Å². The molecule has 1 aromatic rings. The van der Waals surface area contributed by atoms with Crippen LogP contribution < -0.4 is 5.32 Å². The van der Waals surface area contributed by atoms with Crippen LogP contribution in [0.2, 0.25) is 0 Å². The molecule has 4 heteroatoms. The van der Waals surface area contributed by atoms with Crippen molar-refractivity contribution in [1.29, 1.82) is 0 Å². The molecule has 1 aromatic heterocycles. The van der Waals surface area contributed by atoms with Crippen molar-refractivity contribution in [3.8, 4) is 0 Å². The predicted octanol–water partition coefficient (Wildman–Crippen LogP) is 1.12. The molecule has 1 heterocycles. The van der Waals surface area contributed by atoms with Crippen molar-refractivity contribution in [1.82, 2.24) is 20.0 Å². The predicted molar refractivity (Wildman–Crippen MR) is 67.6 cm³/mol. The van der Waals surface area contributed by atoms with E-state index in [-0.39, 0.29) is 0 Å². The molecular weight excluding hydrogens is 200 g/mol. The van der Waals surface area contributed by atoms with Crippen LogP contribution in [0.15, 0.2) is 12.3 Å². The topological polar surface area (TPSA) is 33.1 Å². The molecule has 0 fully saturated rings. The highest BCUT2D eigenvalue weighted by molar-refractivity contribution is 4.96. The fourth-order valence-electron chi connectivity index (χ4n) is 1.72. The third-order valence-corrected chi connectivity index (χ3v) is 2.93. The summed E-state index contributed by atoms with van der Waals surface area (Å²) >= 11 is 0. The second kappa shape index (κ2) is 7.41. The highest BCUT2D eigenvalue weighted by Gasteiger charge is 1.98. The van der Waals surface area contributed by atoms with Gasteiger partial charge in [0.05, 0.1) is 6.54 Å². The average Bonchev–Trinajstić information content (AvgIpc) is 2.70. The van der Waals surface area contributed by atoms with Gasteiger partial charge in [-0.3, -0.25) is 4.68 Å². The minimum absolute atomic E-state index is 0.955. The maximum atomic E-state index is 4.25. The van der Waals surface area contributed by atoms with Crippen molar-refractivity contribution in [2.45, 2.75) is 27.3 Å². The fourth-order valence-corrected chi connectivity index (χ4v) is 1.72. The molecule has 0 saturated heterocycles. The van der Waals surface area contributed by atoms with Crippen LogP contribution >= 0.6 is 0 Å². The van der Waals surface area contributed by atoms with Crippen LogP contribution in [-0.4, -0.2) is 47.4 Å². The van der Waals surface area contributed by atoms with Gasteiger partial charge >= 0.3 is 0 Å². The molecule has 0 amide bonds. The van der Waals surface area contributed by atoms with E-state index in [1.165, 1.54) is 5.69 Å². The van der Waals surface area contributed by atoms with Gasteiger partial charge in [0.15, 0.2) is 0 Å². The Balaban J connectivity index is 2.06. The first-order chi connectivity index (χ1) is 7.77. The molecule has 0 aromatic carbocycles. The number of aryl methyl sites for hydroxylation is 1. The lowest BCUT2D eigenvalue weighted by atomic mass is 10.4.